The topological polar surface area (TPSA) is 16.4 Å². The van der Waals surface area contributed by atoms with Gasteiger partial charge in [-0.15, -0.1) is 0 Å². The molecule has 1 spiro atoms. The van der Waals surface area contributed by atoms with Gasteiger partial charge in [0.2, 0.25) is 0 Å². The van der Waals surface area contributed by atoms with Crippen LogP contribution in [0.3, 0.4) is 0 Å². The standard InChI is InChI=1S/C57H47NO/c1-55(2)36-57(51-27-12-11-26-49(51)55)37-56(3,4)50-33-30-41(35-52(50)57)40-18-13-21-44(34-40)58(42-19-9-6-10-20-42)43-31-28-39(29-32-43)46-23-15-25-48-47-24-14-22-45(53(47)59-54(46)48)38-16-7-5-8-17-38/h5-35H,36-37H2,1-4H3. The third kappa shape index (κ3) is 5.61. The van der Waals surface area contributed by atoms with Crippen LogP contribution in [0.2, 0.25) is 0 Å². The first-order valence-electron chi connectivity index (χ1n) is 21.0. The van der Waals surface area contributed by atoms with Gasteiger partial charge >= 0.3 is 0 Å². The van der Waals surface area contributed by atoms with Gasteiger partial charge < -0.3 is 9.32 Å². The molecule has 2 aliphatic rings. The minimum absolute atomic E-state index is 0.0151. The van der Waals surface area contributed by atoms with Gasteiger partial charge in [0.25, 0.3) is 0 Å². The summed E-state index contributed by atoms with van der Waals surface area (Å²) < 4.78 is 6.78. The fraction of sp³-hybridized carbons (Fsp3) is 0.158. The Balaban J connectivity index is 0.985. The maximum Gasteiger partial charge on any atom is 0.143 e. The second-order valence-electron chi connectivity index (χ2n) is 18.1. The highest BCUT2D eigenvalue weighted by Crippen LogP contribution is 2.63. The Labute approximate surface area is 347 Å². The summed E-state index contributed by atoms with van der Waals surface area (Å²) in [5, 5.41) is 2.26. The van der Waals surface area contributed by atoms with Crippen molar-refractivity contribution >= 4 is 39.0 Å². The third-order valence-corrected chi connectivity index (χ3v) is 13.4. The minimum Gasteiger partial charge on any atom is -0.455 e. The maximum absolute atomic E-state index is 6.78. The van der Waals surface area contributed by atoms with Gasteiger partial charge in [-0.2, -0.15) is 0 Å². The van der Waals surface area contributed by atoms with Crippen molar-refractivity contribution in [3.63, 3.8) is 0 Å². The lowest BCUT2D eigenvalue weighted by atomic mass is 9.72. The summed E-state index contributed by atoms with van der Waals surface area (Å²) in [7, 11) is 0. The second kappa shape index (κ2) is 13.2. The molecule has 0 saturated heterocycles. The second-order valence-corrected chi connectivity index (χ2v) is 18.1. The molecular weight excluding hydrogens is 715 g/mol. The van der Waals surface area contributed by atoms with Gasteiger partial charge in [-0.1, -0.05) is 173 Å². The highest BCUT2D eigenvalue weighted by atomic mass is 16.3. The van der Waals surface area contributed by atoms with E-state index in [1.807, 2.05) is 0 Å². The highest BCUT2D eigenvalue weighted by Gasteiger charge is 2.56. The van der Waals surface area contributed by atoms with Crippen molar-refractivity contribution in [2.45, 2.75) is 56.8 Å². The molecule has 0 saturated carbocycles. The van der Waals surface area contributed by atoms with Crippen LogP contribution in [0, 0.1) is 0 Å². The molecule has 0 aliphatic heterocycles. The molecule has 0 radical (unpaired) electrons. The molecule has 11 rings (SSSR count). The highest BCUT2D eigenvalue weighted by molar-refractivity contribution is 6.13. The maximum atomic E-state index is 6.78. The monoisotopic (exact) mass is 761 g/mol. The minimum atomic E-state index is 0.0151. The lowest BCUT2D eigenvalue weighted by molar-refractivity contribution is 0.349. The molecule has 2 nitrogen and oxygen atoms in total. The van der Waals surface area contributed by atoms with Gasteiger partial charge in [-0.05, 0) is 111 Å². The summed E-state index contributed by atoms with van der Waals surface area (Å²) in [6, 6.07) is 68.8. The van der Waals surface area contributed by atoms with Gasteiger partial charge in [-0.3, -0.25) is 0 Å². The van der Waals surface area contributed by atoms with Gasteiger partial charge in [0, 0.05) is 44.4 Å². The summed E-state index contributed by atoms with van der Waals surface area (Å²) in [6.45, 7) is 9.75. The molecule has 0 fully saturated rings. The van der Waals surface area contributed by atoms with Crippen molar-refractivity contribution in [1.29, 1.82) is 0 Å². The van der Waals surface area contributed by atoms with E-state index < -0.39 is 0 Å². The van der Waals surface area contributed by atoms with E-state index in [-0.39, 0.29) is 16.2 Å². The molecule has 286 valence electrons. The zero-order chi connectivity index (χ0) is 39.9. The SMILES string of the molecule is CC1(C)CC2(CC(C)(C)c3ccc(-c4cccc(N(c5ccccc5)c5ccc(-c6cccc7c6oc6c(-c8ccccc8)cccc67)cc5)c4)cc32)c2ccccc21. The first-order valence-corrected chi connectivity index (χ1v) is 21.0. The zero-order valence-corrected chi connectivity index (χ0v) is 34.2. The first kappa shape index (κ1) is 35.5. The molecule has 1 atom stereocenters. The number of benzene rings is 8. The molecule has 1 heterocycles. The summed E-state index contributed by atoms with van der Waals surface area (Å²) in [5.41, 5.74) is 18.4. The molecule has 2 heteroatoms. The van der Waals surface area contributed by atoms with Crippen LogP contribution in [0.15, 0.2) is 192 Å². The normalized spacial score (nSPS) is 17.4. The Morgan fingerprint density at radius 2 is 0.847 bits per heavy atom. The predicted molar refractivity (Wildman–Crippen MR) is 247 cm³/mol. The molecule has 0 N–H and O–H groups in total. The molecule has 8 aromatic carbocycles. The summed E-state index contributed by atoms with van der Waals surface area (Å²) in [5.74, 6) is 0. The van der Waals surface area contributed by atoms with E-state index in [4.69, 9.17) is 4.42 Å². The van der Waals surface area contributed by atoms with Crippen LogP contribution in [-0.2, 0) is 16.2 Å². The summed E-state index contributed by atoms with van der Waals surface area (Å²) in [4.78, 5) is 2.37. The number of fused-ring (bicyclic) bond motifs is 7. The Kier molecular flexibility index (Phi) is 7.94. The fourth-order valence-corrected chi connectivity index (χ4v) is 11.0. The fourth-order valence-electron chi connectivity index (χ4n) is 11.0. The van der Waals surface area contributed by atoms with Crippen molar-refractivity contribution in [3.8, 4) is 33.4 Å². The van der Waals surface area contributed by atoms with Crippen LogP contribution in [0.1, 0.15) is 62.8 Å². The molecule has 2 aliphatic carbocycles. The average Bonchev–Trinajstić information content (AvgIpc) is 3.85. The Morgan fingerprint density at radius 3 is 1.51 bits per heavy atom. The van der Waals surface area contributed by atoms with Crippen LogP contribution in [0.5, 0.6) is 0 Å². The van der Waals surface area contributed by atoms with Crippen molar-refractivity contribution in [2.75, 3.05) is 4.90 Å². The number of para-hydroxylation sites is 3. The smallest absolute Gasteiger partial charge is 0.143 e. The van der Waals surface area contributed by atoms with Gasteiger partial charge in [0.1, 0.15) is 11.2 Å². The number of hydrogen-bond acceptors (Lipinski definition) is 2. The van der Waals surface area contributed by atoms with E-state index in [1.54, 1.807) is 0 Å². The molecule has 1 unspecified atom stereocenters. The largest absolute Gasteiger partial charge is 0.455 e. The quantitative estimate of drug-likeness (QED) is 0.168. The van der Waals surface area contributed by atoms with Crippen LogP contribution >= 0.6 is 0 Å². The van der Waals surface area contributed by atoms with Crippen molar-refractivity contribution in [2.24, 2.45) is 0 Å². The summed E-state index contributed by atoms with van der Waals surface area (Å²) >= 11 is 0. The van der Waals surface area contributed by atoms with Crippen LogP contribution < -0.4 is 4.90 Å². The lowest BCUT2D eigenvalue weighted by Crippen LogP contribution is -2.26. The van der Waals surface area contributed by atoms with Crippen molar-refractivity contribution in [1.82, 2.24) is 0 Å². The van der Waals surface area contributed by atoms with E-state index in [2.05, 4.69) is 221 Å². The number of hydrogen-bond donors (Lipinski definition) is 0. The van der Waals surface area contributed by atoms with E-state index >= 15 is 0 Å². The molecule has 59 heavy (non-hydrogen) atoms. The molecular formula is C57H47NO. The number of nitrogens with zero attached hydrogens (tertiary/aromatic N) is 1. The van der Waals surface area contributed by atoms with E-state index in [9.17, 15) is 0 Å². The van der Waals surface area contributed by atoms with Crippen molar-refractivity contribution in [3.05, 3.63) is 210 Å². The summed E-state index contributed by atoms with van der Waals surface area (Å²) in [6.07, 6.45) is 2.27. The Bertz CT molecular complexity index is 3040. The molecule has 1 aromatic heterocycles. The van der Waals surface area contributed by atoms with E-state index in [1.165, 1.54) is 33.4 Å². The predicted octanol–water partition coefficient (Wildman–Crippen LogP) is 15.7. The lowest BCUT2D eigenvalue weighted by Gasteiger charge is -2.30. The number of anilines is 3. The average molecular weight is 762 g/mol. The Hall–Kier alpha value is -6.64. The van der Waals surface area contributed by atoms with Crippen LogP contribution in [0.25, 0.3) is 55.3 Å². The Morgan fingerprint density at radius 1 is 0.373 bits per heavy atom. The van der Waals surface area contributed by atoms with Crippen molar-refractivity contribution < 1.29 is 4.42 Å². The van der Waals surface area contributed by atoms with Gasteiger partial charge in [0.15, 0.2) is 0 Å². The van der Waals surface area contributed by atoms with E-state index in [0.717, 1.165) is 74.1 Å². The van der Waals surface area contributed by atoms with Crippen LogP contribution in [0.4, 0.5) is 17.1 Å². The number of furan rings is 1. The van der Waals surface area contributed by atoms with Crippen LogP contribution in [-0.4, -0.2) is 0 Å². The third-order valence-electron chi connectivity index (χ3n) is 13.4. The van der Waals surface area contributed by atoms with Gasteiger partial charge in [-0.25, -0.2) is 0 Å². The molecule has 9 aromatic rings. The molecule has 0 bridgehead atoms. The number of rotatable bonds is 6. The molecule has 0 amide bonds. The zero-order valence-electron chi connectivity index (χ0n) is 34.2. The van der Waals surface area contributed by atoms with Gasteiger partial charge in [0.05, 0.1) is 0 Å². The van der Waals surface area contributed by atoms with E-state index in [0.29, 0.717) is 0 Å². The first-order chi connectivity index (χ1) is 28.7.